The van der Waals surface area contributed by atoms with Gasteiger partial charge in [0.25, 0.3) is 0 Å². The van der Waals surface area contributed by atoms with Crippen LogP contribution >= 0.6 is 23.1 Å². The zero-order valence-electron chi connectivity index (χ0n) is 10.6. The molecule has 2 saturated heterocycles. The molecule has 18 heavy (non-hydrogen) atoms. The second-order valence-corrected chi connectivity index (χ2v) is 7.64. The lowest BCUT2D eigenvalue weighted by Gasteiger charge is -2.44. The molecule has 0 bridgehead atoms. The Hall–Kier alpha value is -0.0300. The quantitative estimate of drug-likeness (QED) is 0.903. The molecule has 2 atom stereocenters. The first-order chi connectivity index (χ1) is 8.79. The van der Waals surface area contributed by atoms with Crippen LogP contribution < -0.4 is 5.73 Å². The third-order valence-electron chi connectivity index (χ3n) is 4.31. The van der Waals surface area contributed by atoms with E-state index >= 15 is 0 Å². The van der Waals surface area contributed by atoms with Crippen molar-refractivity contribution >= 4 is 23.1 Å². The molecule has 3 heterocycles. The predicted molar refractivity (Wildman–Crippen MR) is 79.2 cm³/mol. The molecule has 4 heteroatoms. The van der Waals surface area contributed by atoms with E-state index in [-0.39, 0.29) is 11.6 Å². The lowest BCUT2D eigenvalue weighted by molar-refractivity contribution is -0.105. The SMILES string of the molecule is NC(c1cccs1)C1CCOC2(CCSCC2)C1. The van der Waals surface area contributed by atoms with Crippen LogP contribution in [0.25, 0.3) is 0 Å². The molecule has 0 aromatic carbocycles. The van der Waals surface area contributed by atoms with Crippen LogP contribution in [0.15, 0.2) is 17.5 Å². The van der Waals surface area contributed by atoms with Gasteiger partial charge in [-0.25, -0.2) is 0 Å². The average Bonchev–Trinajstić information content (AvgIpc) is 2.93. The fourth-order valence-electron chi connectivity index (χ4n) is 3.18. The molecule has 2 fully saturated rings. The van der Waals surface area contributed by atoms with Gasteiger partial charge in [0.1, 0.15) is 0 Å². The van der Waals surface area contributed by atoms with Crippen molar-refractivity contribution < 1.29 is 4.74 Å². The highest BCUT2D eigenvalue weighted by Crippen LogP contribution is 2.43. The molecule has 0 radical (unpaired) electrons. The maximum atomic E-state index is 6.45. The minimum Gasteiger partial charge on any atom is -0.375 e. The lowest BCUT2D eigenvalue weighted by atomic mass is 9.78. The normalized spacial score (nSPS) is 29.3. The van der Waals surface area contributed by atoms with Crippen LogP contribution in [0.3, 0.4) is 0 Å². The van der Waals surface area contributed by atoms with E-state index in [1.807, 2.05) is 0 Å². The Labute approximate surface area is 117 Å². The molecular weight excluding hydrogens is 262 g/mol. The second-order valence-electron chi connectivity index (χ2n) is 5.44. The zero-order chi connectivity index (χ0) is 12.4. The average molecular weight is 283 g/mol. The molecule has 2 nitrogen and oxygen atoms in total. The number of thiophene rings is 1. The van der Waals surface area contributed by atoms with Crippen LogP contribution in [0.2, 0.25) is 0 Å². The summed E-state index contributed by atoms with van der Waals surface area (Å²) in [6.07, 6.45) is 4.71. The van der Waals surface area contributed by atoms with Crippen LogP contribution in [0, 0.1) is 5.92 Å². The van der Waals surface area contributed by atoms with E-state index < -0.39 is 0 Å². The molecule has 0 amide bonds. The Balaban J connectivity index is 1.70. The summed E-state index contributed by atoms with van der Waals surface area (Å²) in [6.45, 7) is 0.897. The molecule has 0 aliphatic carbocycles. The number of ether oxygens (including phenoxy) is 1. The summed E-state index contributed by atoms with van der Waals surface area (Å²) < 4.78 is 6.14. The van der Waals surface area contributed by atoms with Gasteiger partial charge in [0.2, 0.25) is 0 Å². The largest absolute Gasteiger partial charge is 0.375 e. The molecule has 2 N–H and O–H groups in total. The van der Waals surface area contributed by atoms with Crippen LogP contribution in [-0.4, -0.2) is 23.7 Å². The topological polar surface area (TPSA) is 35.2 Å². The smallest absolute Gasteiger partial charge is 0.0701 e. The third-order valence-corrected chi connectivity index (χ3v) is 6.27. The van der Waals surface area contributed by atoms with Crippen molar-refractivity contribution in [1.82, 2.24) is 0 Å². The van der Waals surface area contributed by atoms with Gasteiger partial charge in [-0.15, -0.1) is 11.3 Å². The van der Waals surface area contributed by atoms with Crippen molar-refractivity contribution in [2.45, 2.75) is 37.3 Å². The van der Waals surface area contributed by atoms with Gasteiger partial charge < -0.3 is 10.5 Å². The molecule has 100 valence electrons. The summed E-state index contributed by atoms with van der Waals surface area (Å²) >= 11 is 3.85. The monoisotopic (exact) mass is 283 g/mol. The van der Waals surface area contributed by atoms with Gasteiger partial charge in [0.05, 0.1) is 5.60 Å². The van der Waals surface area contributed by atoms with Gasteiger partial charge in [-0.05, 0) is 54.6 Å². The first-order valence-corrected chi connectivity index (χ1v) is 8.83. The molecular formula is C14H21NOS2. The molecule has 1 spiro atoms. The van der Waals surface area contributed by atoms with Gasteiger partial charge >= 0.3 is 0 Å². The van der Waals surface area contributed by atoms with Crippen molar-refractivity contribution in [2.75, 3.05) is 18.1 Å². The molecule has 1 aromatic rings. The highest BCUT2D eigenvalue weighted by Gasteiger charge is 2.40. The van der Waals surface area contributed by atoms with Crippen molar-refractivity contribution in [3.05, 3.63) is 22.4 Å². The fraction of sp³-hybridized carbons (Fsp3) is 0.714. The zero-order valence-corrected chi connectivity index (χ0v) is 12.3. The minimum atomic E-state index is 0.156. The van der Waals surface area contributed by atoms with E-state index in [0.717, 1.165) is 19.4 Å². The molecule has 0 saturated carbocycles. The Morgan fingerprint density at radius 3 is 2.94 bits per heavy atom. The van der Waals surface area contributed by atoms with E-state index in [0.29, 0.717) is 5.92 Å². The lowest BCUT2D eigenvalue weighted by Crippen LogP contribution is -2.45. The molecule has 2 unspecified atom stereocenters. The fourth-order valence-corrected chi connectivity index (χ4v) is 5.24. The number of nitrogens with two attached hydrogens (primary N) is 1. The summed E-state index contributed by atoms with van der Waals surface area (Å²) in [4.78, 5) is 1.34. The van der Waals surface area contributed by atoms with Crippen LogP contribution in [0.5, 0.6) is 0 Å². The molecule has 3 rings (SSSR count). The van der Waals surface area contributed by atoms with E-state index in [2.05, 4.69) is 29.3 Å². The summed E-state index contributed by atoms with van der Waals surface area (Å²) in [5.74, 6) is 3.10. The Bertz CT molecular complexity index is 368. The summed E-state index contributed by atoms with van der Waals surface area (Å²) in [7, 11) is 0. The van der Waals surface area contributed by atoms with Gasteiger partial charge in [-0.3, -0.25) is 0 Å². The maximum Gasteiger partial charge on any atom is 0.0701 e. The summed E-state index contributed by atoms with van der Waals surface area (Å²) in [6, 6.07) is 4.49. The van der Waals surface area contributed by atoms with Crippen LogP contribution in [0.1, 0.15) is 36.6 Å². The van der Waals surface area contributed by atoms with E-state index in [1.54, 1.807) is 11.3 Å². The minimum absolute atomic E-state index is 0.156. The summed E-state index contributed by atoms with van der Waals surface area (Å²) in [5.41, 5.74) is 6.61. The highest BCUT2D eigenvalue weighted by atomic mass is 32.2. The summed E-state index contributed by atoms with van der Waals surface area (Å²) in [5, 5.41) is 2.13. The van der Waals surface area contributed by atoms with Gasteiger partial charge in [-0.2, -0.15) is 11.8 Å². The number of hydrogen-bond donors (Lipinski definition) is 1. The number of hydrogen-bond acceptors (Lipinski definition) is 4. The predicted octanol–water partition coefficient (Wildman–Crippen LogP) is 3.44. The first-order valence-electron chi connectivity index (χ1n) is 6.80. The number of rotatable bonds is 2. The first kappa shape index (κ1) is 13.0. The van der Waals surface area contributed by atoms with E-state index in [4.69, 9.17) is 10.5 Å². The van der Waals surface area contributed by atoms with E-state index in [9.17, 15) is 0 Å². The Morgan fingerprint density at radius 1 is 1.39 bits per heavy atom. The highest BCUT2D eigenvalue weighted by molar-refractivity contribution is 7.99. The van der Waals surface area contributed by atoms with Gasteiger partial charge in [0, 0.05) is 17.5 Å². The van der Waals surface area contributed by atoms with Gasteiger partial charge in [0.15, 0.2) is 0 Å². The van der Waals surface area contributed by atoms with Crippen LogP contribution in [0.4, 0.5) is 0 Å². The molecule has 1 aromatic heterocycles. The Morgan fingerprint density at radius 2 is 2.22 bits per heavy atom. The van der Waals surface area contributed by atoms with Crippen molar-refractivity contribution in [3.8, 4) is 0 Å². The maximum absolute atomic E-state index is 6.45. The van der Waals surface area contributed by atoms with Gasteiger partial charge in [-0.1, -0.05) is 6.07 Å². The molecule has 2 aliphatic heterocycles. The van der Waals surface area contributed by atoms with Crippen molar-refractivity contribution in [3.63, 3.8) is 0 Å². The Kier molecular flexibility index (Phi) is 3.99. The van der Waals surface area contributed by atoms with Crippen molar-refractivity contribution in [2.24, 2.45) is 11.7 Å². The van der Waals surface area contributed by atoms with Crippen LogP contribution in [-0.2, 0) is 4.74 Å². The standard InChI is InChI=1S/C14H21NOS2/c15-13(12-2-1-7-18-12)11-3-6-16-14(10-11)4-8-17-9-5-14/h1-2,7,11,13H,3-6,8-10,15H2. The van der Waals surface area contributed by atoms with Crippen molar-refractivity contribution in [1.29, 1.82) is 0 Å². The second kappa shape index (κ2) is 5.53. The molecule has 2 aliphatic rings. The van der Waals surface area contributed by atoms with E-state index in [1.165, 1.54) is 29.2 Å². The third kappa shape index (κ3) is 2.62. The number of thioether (sulfide) groups is 1.